The van der Waals surface area contributed by atoms with Crippen molar-refractivity contribution in [2.45, 2.75) is 58.5 Å². The number of hydrogen-bond donors (Lipinski definition) is 0. The van der Waals surface area contributed by atoms with Crippen LogP contribution in [0.4, 0.5) is 0 Å². The van der Waals surface area contributed by atoms with Crippen LogP contribution in [0.2, 0.25) is 0 Å². The van der Waals surface area contributed by atoms with Crippen molar-refractivity contribution < 1.29 is 9.53 Å². The fourth-order valence-corrected chi connectivity index (χ4v) is 3.66. The van der Waals surface area contributed by atoms with Crippen molar-refractivity contribution in [2.75, 3.05) is 19.7 Å². The van der Waals surface area contributed by atoms with Gasteiger partial charge in [-0.05, 0) is 51.2 Å². The molecule has 0 radical (unpaired) electrons. The van der Waals surface area contributed by atoms with Crippen LogP contribution in [0.15, 0.2) is 12.1 Å². The first-order valence-corrected chi connectivity index (χ1v) is 8.95. The molecular weight excluding hydrogens is 282 g/mol. The topological polar surface area (TPSA) is 29.5 Å². The summed E-state index contributed by atoms with van der Waals surface area (Å²) in [5.41, 5.74) is 0. The fraction of sp³-hybridized carbons (Fsp3) is 0.706. The minimum absolute atomic E-state index is 0.303. The number of carbonyl (C=O) groups excluding carboxylic acids is 1. The normalized spacial score (nSPS) is 19.5. The number of ether oxygens (including phenoxy) is 1. The van der Waals surface area contributed by atoms with Crippen molar-refractivity contribution in [2.24, 2.45) is 0 Å². The molecule has 1 aliphatic rings. The molecule has 2 heterocycles. The second kappa shape index (κ2) is 8.54. The van der Waals surface area contributed by atoms with Crippen molar-refractivity contribution in [3.63, 3.8) is 0 Å². The van der Waals surface area contributed by atoms with Gasteiger partial charge in [-0.2, -0.15) is 0 Å². The summed E-state index contributed by atoms with van der Waals surface area (Å²) < 4.78 is 5.84. The first-order chi connectivity index (χ1) is 10.2. The number of likely N-dealkylation sites (tertiary alicyclic amines) is 1. The largest absolute Gasteiger partial charge is 0.378 e. The van der Waals surface area contributed by atoms with Gasteiger partial charge in [-0.3, -0.25) is 4.79 Å². The van der Waals surface area contributed by atoms with Crippen LogP contribution < -0.4 is 0 Å². The first-order valence-electron chi connectivity index (χ1n) is 8.13. The van der Waals surface area contributed by atoms with E-state index in [1.807, 2.05) is 4.90 Å². The Hall–Kier alpha value is -0.870. The third-order valence-corrected chi connectivity index (χ3v) is 5.03. The molecule has 1 aromatic heterocycles. The predicted octanol–water partition coefficient (Wildman–Crippen LogP) is 3.80. The molecule has 0 aliphatic carbocycles. The van der Waals surface area contributed by atoms with Crippen LogP contribution in [0.5, 0.6) is 0 Å². The standard InChI is InChI=1S/C17H27NO2S/c1-3-13-20-15-5-4-11-18(12-10-15)17(19)9-8-16-7-6-14(2)21-16/h6-7,15H,3-5,8-13H2,1-2H3. The fourth-order valence-electron chi connectivity index (χ4n) is 2.77. The highest BCUT2D eigenvalue weighted by Gasteiger charge is 2.20. The lowest BCUT2D eigenvalue weighted by molar-refractivity contribution is -0.131. The second-order valence-corrected chi connectivity index (χ2v) is 7.19. The van der Waals surface area contributed by atoms with E-state index in [9.17, 15) is 4.79 Å². The van der Waals surface area contributed by atoms with Gasteiger partial charge in [0.25, 0.3) is 0 Å². The molecule has 1 aromatic rings. The zero-order valence-corrected chi connectivity index (χ0v) is 14.1. The van der Waals surface area contributed by atoms with Crippen LogP contribution in [-0.4, -0.2) is 36.6 Å². The molecule has 3 nitrogen and oxygen atoms in total. The van der Waals surface area contributed by atoms with Gasteiger partial charge in [0.05, 0.1) is 6.10 Å². The predicted molar refractivity (Wildman–Crippen MR) is 87.8 cm³/mol. The molecule has 0 bridgehead atoms. The van der Waals surface area contributed by atoms with E-state index in [1.54, 1.807) is 11.3 Å². The number of nitrogens with zero attached hydrogens (tertiary/aromatic N) is 1. The molecule has 1 fully saturated rings. The monoisotopic (exact) mass is 309 g/mol. The van der Waals surface area contributed by atoms with E-state index in [4.69, 9.17) is 4.74 Å². The summed E-state index contributed by atoms with van der Waals surface area (Å²) in [6, 6.07) is 4.27. The smallest absolute Gasteiger partial charge is 0.222 e. The van der Waals surface area contributed by atoms with Gasteiger partial charge in [-0.25, -0.2) is 0 Å². The van der Waals surface area contributed by atoms with E-state index in [0.717, 1.165) is 51.8 Å². The maximum Gasteiger partial charge on any atom is 0.222 e. The van der Waals surface area contributed by atoms with Gasteiger partial charge in [-0.15, -0.1) is 11.3 Å². The first kappa shape index (κ1) is 16.5. The molecule has 1 unspecified atom stereocenters. The molecule has 2 rings (SSSR count). The molecule has 0 spiro atoms. The number of rotatable bonds is 6. The minimum Gasteiger partial charge on any atom is -0.378 e. The highest BCUT2D eigenvalue weighted by molar-refractivity contribution is 7.11. The Morgan fingerprint density at radius 1 is 1.38 bits per heavy atom. The van der Waals surface area contributed by atoms with E-state index in [1.165, 1.54) is 9.75 Å². The quantitative estimate of drug-likeness (QED) is 0.800. The van der Waals surface area contributed by atoms with Crippen molar-refractivity contribution in [3.05, 3.63) is 21.9 Å². The number of hydrogen-bond acceptors (Lipinski definition) is 3. The Kier molecular flexibility index (Phi) is 6.71. The number of thiophene rings is 1. The van der Waals surface area contributed by atoms with Gasteiger partial charge in [0, 0.05) is 35.9 Å². The summed E-state index contributed by atoms with van der Waals surface area (Å²) in [5, 5.41) is 0. The van der Waals surface area contributed by atoms with Gasteiger partial charge in [0.1, 0.15) is 0 Å². The van der Waals surface area contributed by atoms with Crippen LogP contribution in [0, 0.1) is 6.92 Å². The zero-order chi connectivity index (χ0) is 15.1. The average molecular weight is 309 g/mol. The Bertz CT molecular complexity index is 444. The van der Waals surface area contributed by atoms with Crippen LogP contribution in [-0.2, 0) is 16.0 Å². The van der Waals surface area contributed by atoms with Crippen molar-refractivity contribution in [3.8, 4) is 0 Å². The molecule has 118 valence electrons. The van der Waals surface area contributed by atoms with Gasteiger partial charge in [0.2, 0.25) is 5.91 Å². The summed E-state index contributed by atoms with van der Waals surface area (Å²) in [7, 11) is 0. The average Bonchev–Trinajstić information content (AvgIpc) is 2.75. The summed E-state index contributed by atoms with van der Waals surface area (Å²) in [6.07, 6.45) is 6.09. The molecule has 0 saturated carbocycles. The lowest BCUT2D eigenvalue weighted by Crippen LogP contribution is -2.32. The molecule has 1 amide bonds. The molecular formula is C17H27NO2S. The van der Waals surface area contributed by atoms with Crippen LogP contribution in [0.3, 0.4) is 0 Å². The Balaban J connectivity index is 1.74. The molecule has 0 aromatic carbocycles. The van der Waals surface area contributed by atoms with Gasteiger partial charge >= 0.3 is 0 Å². The molecule has 1 saturated heterocycles. The molecule has 21 heavy (non-hydrogen) atoms. The van der Waals surface area contributed by atoms with Crippen LogP contribution in [0.25, 0.3) is 0 Å². The van der Waals surface area contributed by atoms with Crippen LogP contribution >= 0.6 is 11.3 Å². The summed E-state index contributed by atoms with van der Waals surface area (Å²) >= 11 is 1.80. The number of aryl methyl sites for hydroxylation is 2. The molecule has 1 atom stereocenters. The van der Waals surface area contributed by atoms with Gasteiger partial charge in [-0.1, -0.05) is 6.92 Å². The molecule has 0 N–H and O–H groups in total. The molecule has 1 aliphatic heterocycles. The van der Waals surface area contributed by atoms with Crippen LogP contribution in [0.1, 0.15) is 48.8 Å². The second-order valence-electron chi connectivity index (χ2n) is 5.82. The lowest BCUT2D eigenvalue weighted by Gasteiger charge is -2.20. The highest BCUT2D eigenvalue weighted by atomic mass is 32.1. The van der Waals surface area contributed by atoms with Crippen molar-refractivity contribution in [1.82, 2.24) is 4.90 Å². The summed E-state index contributed by atoms with van der Waals surface area (Å²) in [6.45, 7) is 6.85. The van der Waals surface area contributed by atoms with Gasteiger partial charge in [0.15, 0.2) is 0 Å². The van der Waals surface area contributed by atoms with E-state index in [2.05, 4.69) is 26.0 Å². The van der Waals surface area contributed by atoms with Gasteiger partial charge < -0.3 is 9.64 Å². The number of carbonyl (C=O) groups is 1. The maximum absolute atomic E-state index is 12.3. The zero-order valence-electron chi connectivity index (χ0n) is 13.3. The van der Waals surface area contributed by atoms with E-state index >= 15 is 0 Å². The SMILES string of the molecule is CCCOC1CCCN(C(=O)CCc2ccc(C)s2)CC1. The van der Waals surface area contributed by atoms with E-state index < -0.39 is 0 Å². The third-order valence-electron chi connectivity index (χ3n) is 3.97. The number of amides is 1. The summed E-state index contributed by atoms with van der Waals surface area (Å²) in [5.74, 6) is 0.303. The minimum atomic E-state index is 0.303. The summed E-state index contributed by atoms with van der Waals surface area (Å²) in [4.78, 5) is 17.0. The lowest BCUT2D eigenvalue weighted by atomic mass is 10.1. The highest BCUT2D eigenvalue weighted by Crippen LogP contribution is 2.19. The Morgan fingerprint density at radius 2 is 2.24 bits per heavy atom. The molecule has 4 heteroatoms. The van der Waals surface area contributed by atoms with E-state index in [-0.39, 0.29) is 0 Å². The maximum atomic E-state index is 12.3. The Morgan fingerprint density at radius 3 is 2.95 bits per heavy atom. The Labute approximate surface area is 132 Å². The van der Waals surface area contributed by atoms with Crippen molar-refractivity contribution in [1.29, 1.82) is 0 Å². The third kappa shape index (κ3) is 5.44. The van der Waals surface area contributed by atoms with E-state index in [0.29, 0.717) is 18.4 Å². The van der Waals surface area contributed by atoms with Crippen molar-refractivity contribution >= 4 is 17.2 Å².